The van der Waals surface area contributed by atoms with Crippen LogP contribution in [0.3, 0.4) is 0 Å². The van der Waals surface area contributed by atoms with Crippen molar-refractivity contribution in [2.24, 2.45) is 0 Å². The van der Waals surface area contributed by atoms with Crippen LogP contribution in [-0.2, 0) is 0 Å². The van der Waals surface area contributed by atoms with Crippen LogP contribution in [0.25, 0.3) is 0 Å². The van der Waals surface area contributed by atoms with Gasteiger partial charge in [0.15, 0.2) is 0 Å². The molecule has 3 rings (SSSR count). The molecule has 2 heterocycles. The molecule has 0 saturated carbocycles. The van der Waals surface area contributed by atoms with Gasteiger partial charge in [-0.2, -0.15) is 0 Å². The minimum Gasteiger partial charge on any atom is -0.399 e. The highest BCUT2D eigenvalue weighted by Gasteiger charge is 2.26. The first-order valence-electron chi connectivity index (χ1n) is 7.75. The highest BCUT2D eigenvalue weighted by Crippen LogP contribution is 2.21. The van der Waals surface area contributed by atoms with Crippen LogP contribution in [0, 0.1) is 0 Å². The van der Waals surface area contributed by atoms with Gasteiger partial charge in [0, 0.05) is 43.6 Å². The number of likely N-dealkylation sites (tertiary alicyclic amines) is 1. The number of hydrogen-bond donors (Lipinski definition) is 1. The summed E-state index contributed by atoms with van der Waals surface area (Å²) in [5.74, 6) is 0. The van der Waals surface area contributed by atoms with Gasteiger partial charge in [-0.1, -0.05) is 0 Å². The molecule has 2 saturated heterocycles. The zero-order valence-electron chi connectivity index (χ0n) is 12.5. The maximum absolute atomic E-state index is 5.76. The molecule has 2 aliphatic heterocycles. The topological polar surface area (TPSA) is 35.7 Å². The van der Waals surface area contributed by atoms with Crippen LogP contribution >= 0.6 is 0 Å². The Morgan fingerprint density at radius 1 is 0.900 bits per heavy atom. The lowest BCUT2D eigenvalue weighted by Gasteiger charge is -2.42. The van der Waals surface area contributed by atoms with Crippen LogP contribution < -0.4 is 10.6 Å². The van der Waals surface area contributed by atoms with Crippen LogP contribution in [0.5, 0.6) is 0 Å². The molecular formula is C16H26N4. The molecule has 0 radical (unpaired) electrons. The number of benzene rings is 1. The molecule has 110 valence electrons. The van der Waals surface area contributed by atoms with E-state index in [2.05, 4.69) is 33.9 Å². The summed E-state index contributed by atoms with van der Waals surface area (Å²) < 4.78 is 0. The third-order valence-corrected chi connectivity index (χ3v) is 4.78. The predicted molar refractivity (Wildman–Crippen MR) is 85.2 cm³/mol. The Labute approximate surface area is 122 Å². The number of hydrogen-bond acceptors (Lipinski definition) is 4. The fourth-order valence-corrected chi connectivity index (χ4v) is 3.39. The van der Waals surface area contributed by atoms with Crippen molar-refractivity contribution in [3.63, 3.8) is 0 Å². The number of piperidine rings is 1. The molecule has 0 aromatic heterocycles. The lowest BCUT2D eigenvalue weighted by atomic mass is 10.0. The van der Waals surface area contributed by atoms with Crippen molar-refractivity contribution in [3.8, 4) is 0 Å². The fraction of sp³-hybridized carbons (Fsp3) is 0.625. The molecule has 0 unspecified atom stereocenters. The van der Waals surface area contributed by atoms with Gasteiger partial charge in [-0.15, -0.1) is 0 Å². The summed E-state index contributed by atoms with van der Waals surface area (Å²) in [6.45, 7) is 7.16. The SMILES string of the molecule is CN1CCC(N2CCN(c3ccc(N)cc3)CC2)CC1. The maximum Gasteiger partial charge on any atom is 0.0368 e. The predicted octanol–water partition coefficient (Wildman–Crippen LogP) is 1.48. The molecule has 1 aromatic carbocycles. The van der Waals surface area contributed by atoms with Crippen molar-refractivity contribution in [2.75, 3.05) is 56.9 Å². The first-order chi connectivity index (χ1) is 9.72. The lowest BCUT2D eigenvalue weighted by molar-refractivity contribution is 0.115. The van der Waals surface area contributed by atoms with Crippen LogP contribution in [-0.4, -0.2) is 62.2 Å². The molecule has 0 spiro atoms. The molecule has 2 fully saturated rings. The van der Waals surface area contributed by atoms with E-state index in [0.29, 0.717) is 0 Å². The minimum absolute atomic E-state index is 0.805. The Morgan fingerprint density at radius 2 is 1.50 bits per heavy atom. The summed E-state index contributed by atoms with van der Waals surface area (Å²) in [6.07, 6.45) is 2.66. The molecule has 2 aliphatic rings. The molecule has 2 N–H and O–H groups in total. The second-order valence-corrected chi connectivity index (χ2v) is 6.15. The normalized spacial score (nSPS) is 23.1. The number of nitrogen functional groups attached to an aromatic ring is 1. The quantitative estimate of drug-likeness (QED) is 0.829. The van der Waals surface area contributed by atoms with Gasteiger partial charge in [0.1, 0.15) is 0 Å². The van der Waals surface area contributed by atoms with Crippen LogP contribution in [0.2, 0.25) is 0 Å². The third kappa shape index (κ3) is 3.07. The average molecular weight is 274 g/mol. The highest BCUT2D eigenvalue weighted by molar-refractivity contribution is 5.53. The fourth-order valence-electron chi connectivity index (χ4n) is 3.39. The first-order valence-corrected chi connectivity index (χ1v) is 7.75. The first kappa shape index (κ1) is 13.7. The van der Waals surface area contributed by atoms with Gasteiger partial charge in [-0.05, 0) is 57.2 Å². The van der Waals surface area contributed by atoms with Crippen molar-refractivity contribution in [2.45, 2.75) is 18.9 Å². The van der Waals surface area contributed by atoms with Crippen LogP contribution in [0.15, 0.2) is 24.3 Å². The summed E-state index contributed by atoms with van der Waals surface area (Å²) >= 11 is 0. The van der Waals surface area contributed by atoms with E-state index in [1.54, 1.807) is 0 Å². The molecule has 1 aromatic rings. The lowest BCUT2D eigenvalue weighted by Crippen LogP contribution is -2.53. The molecule has 4 heteroatoms. The van der Waals surface area contributed by atoms with E-state index in [1.165, 1.54) is 44.7 Å². The largest absolute Gasteiger partial charge is 0.399 e. The number of nitrogens with two attached hydrogens (primary N) is 1. The molecule has 20 heavy (non-hydrogen) atoms. The molecule has 0 amide bonds. The zero-order valence-corrected chi connectivity index (χ0v) is 12.5. The number of nitrogens with zero attached hydrogens (tertiary/aromatic N) is 3. The Kier molecular flexibility index (Phi) is 4.13. The number of piperazine rings is 1. The second kappa shape index (κ2) is 6.02. The van der Waals surface area contributed by atoms with Crippen LogP contribution in [0.4, 0.5) is 11.4 Å². The molecule has 0 aliphatic carbocycles. The second-order valence-electron chi connectivity index (χ2n) is 6.15. The van der Waals surface area contributed by atoms with Crippen molar-refractivity contribution in [1.82, 2.24) is 9.80 Å². The van der Waals surface area contributed by atoms with Gasteiger partial charge in [-0.25, -0.2) is 0 Å². The van der Waals surface area contributed by atoms with E-state index in [9.17, 15) is 0 Å². The van der Waals surface area contributed by atoms with Gasteiger partial charge < -0.3 is 15.5 Å². The van der Waals surface area contributed by atoms with Crippen molar-refractivity contribution in [3.05, 3.63) is 24.3 Å². The third-order valence-electron chi connectivity index (χ3n) is 4.78. The Morgan fingerprint density at radius 3 is 2.10 bits per heavy atom. The molecular weight excluding hydrogens is 248 g/mol. The van der Waals surface area contributed by atoms with E-state index in [1.807, 2.05) is 12.1 Å². The van der Waals surface area contributed by atoms with E-state index in [4.69, 9.17) is 5.73 Å². The van der Waals surface area contributed by atoms with E-state index < -0.39 is 0 Å². The summed E-state index contributed by atoms with van der Waals surface area (Å²) in [4.78, 5) is 7.62. The molecule has 4 nitrogen and oxygen atoms in total. The van der Waals surface area contributed by atoms with Gasteiger partial charge in [0.05, 0.1) is 0 Å². The average Bonchev–Trinajstić information content (AvgIpc) is 2.49. The number of anilines is 2. The van der Waals surface area contributed by atoms with Crippen LogP contribution in [0.1, 0.15) is 12.8 Å². The van der Waals surface area contributed by atoms with E-state index in [-0.39, 0.29) is 0 Å². The van der Waals surface area contributed by atoms with Gasteiger partial charge in [-0.3, -0.25) is 4.90 Å². The summed E-state index contributed by atoms with van der Waals surface area (Å²) in [5.41, 5.74) is 7.91. The Bertz CT molecular complexity index is 415. The molecule has 0 bridgehead atoms. The smallest absolute Gasteiger partial charge is 0.0368 e. The Balaban J connectivity index is 1.53. The van der Waals surface area contributed by atoms with Crippen molar-refractivity contribution >= 4 is 11.4 Å². The maximum atomic E-state index is 5.76. The minimum atomic E-state index is 0.805. The van der Waals surface area contributed by atoms with E-state index in [0.717, 1.165) is 24.8 Å². The standard InChI is InChI=1S/C16H26N4/c1-18-8-6-16(7-9-18)20-12-10-19(11-13-20)15-4-2-14(17)3-5-15/h2-5,16H,6-13,17H2,1H3. The summed E-state index contributed by atoms with van der Waals surface area (Å²) in [6, 6.07) is 9.08. The van der Waals surface area contributed by atoms with Gasteiger partial charge in [0.25, 0.3) is 0 Å². The van der Waals surface area contributed by atoms with Gasteiger partial charge >= 0.3 is 0 Å². The highest BCUT2D eigenvalue weighted by atomic mass is 15.3. The number of rotatable bonds is 2. The monoisotopic (exact) mass is 274 g/mol. The summed E-state index contributed by atoms with van der Waals surface area (Å²) in [7, 11) is 2.23. The molecule has 0 atom stereocenters. The Hall–Kier alpha value is -1.26. The van der Waals surface area contributed by atoms with Crippen molar-refractivity contribution < 1.29 is 0 Å². The summed E-state index contributed by atoms with van der Waals surface area (Å²) in [5, 5.41) is 0. The van der Waals surface area contributed by atoms with Crippen molar-refractivity contribution in [1.29, 1.82) is 0 Å². The van der Waals surface area contributed by atoms with E-state index >= 15 is 0 Å². The zero-order chi connectivity index (χ0) is 13.9. The van der Waals surface area contributed by atoms with Gasteiger partial charge in [0.2, 0.25) is 0 Å².